The normalized spacial score (nSPS) is 15.8. The van der Waals surface area contributed by atoms with Gasteiger partial charge in [-0.3, -0.25) is 0 Å². The van der Waals surface area contributed by atoms with Crippen LogP contribution in [-0.2, 0) is 6.42 Å². The number of aromatic nitrogens is 8. The van der Waals surface area contributed by atoms with E-state index in [9.17, 15) is 30.6 Å². The Morgan fingerprint density at radius 2 is 0.875 bits per heavy atom. The van der Waals surface area contributed by atoms with Crippen molar-refractivity contribution in [3.63, 3.8) is 0 Å². The van der Waals surface area contributed by atoms with Gasteiger partial charge >= 0.3 is 0 Å². The summed E-state index contributed by atoms with van der Waals surface area (Å²) in [5.74, 6) is 4.46. The van der Waals surface area contributed by atoms with Crippen LogP contribution in [0.5, 0.6) is 0 Å². The Morgan fingerprint density at radius 3 is 1.28 bits per heavy atom. The molecule has 3 saturated heterocycles. The van der Waals surface area contributed by atoms with E-state index in [4.69, 9.17) is 39.9 Å². The van der Waals surface area contributed by atoms with Crippen LogP contribution < -0.4 is 29.8 Å². The Labute approximate surface area is 376 Å². The highest BCUT2D eigenvalue weighted by atomic mass is 16.3. The molecule has 0 radical (unpaired) electrons. The van der Waals surface area contributed by atoms with Crippen molar-refractivity contribution in [1.82, 2.24) is 39.9 Å². The molecule has 7 N–H and O–H groups in total. The molecule has 7 rings (SSSR count). The molecule has 3 aliphatic heterocycles. The van der Waals surface area contributed by atoms with E-state index < -0.39 is 0 Å². The number of aliphatic hydroxyl groups is 6. The summed E-state index contributed by atoms with van der Waals surface area (Å²) < 4.78 is 0. The SMILES string of the molecule is CCNc1nc(N2CCCCC2)c2nc(N(CCO)CCO)nc(N3CCCCC3)c2n1.CCc1nc(C(CCO)CCO)nc2c(N3CCCCC3)nc(N(CCO)CCO)nc12. The minimum absolute atomic E-state index is 0.000772. The minimum atomic E-state index is -0.145. The number of fused-ring (bicyclic) bond motifs is 2. The molecule has 354 valence electrons. The first-order valence-corrected chi connectivity index (χ1v) is 23.7. The van der Waals surface area contributed by atoms with Crippen molar-refractivity contribution in [3.8, 4) is 0 Å². The maximum atomic E-state index is 9.58. The van der Waals surface area contributed by atoms with E-state index in [-0.39, 0.29) is 45.6 Å². The number of nitrogens with one attached hydrogen (secondary N) is 1. The predicted octanol–water partition coefficient (Wildman–Crippen LogP) is 2.24. The van der Waals surface area contributed by atoms with Crippen molar-refractivity contribution in [3.05, 3.63) is 11.5 Å². The number of aryl methyl sites for hydroxylation is 1. The Balaban J connectivity index is 0.000000213. The first-order valence-electron chi connectivity index (χ1n) is 23.7. The molecule has 64 heavy (non-hydrogen) atoms. The fourth-order valence-corrected chi connectivity index (χ4v) is 8.79. The van der Waals surface area contributed by atoms with E-state index in [2.05, 4.69) is 20.0 Å². The molecule has 3 aliphatic rings. The minimum Gasteiger partial charge on any atom is -0.396 e. The molecule has 20 nitrogen and oxygen atoms in total. The number of piperidine rings is 3. The number of aliphatic hydroxyl groups excluding tert-OH is 6. The smallest absolute Gasteiger partial charge is 0.228 e. The fraction of sp³-hybridized carbons (Fsp3) is 0.727. The molecular formula is C44H72N14O6. The number of anilines is 6. The third-order valence-corrected chi connectivity index (χ3v) is 12.1. The lowest BCUT2D eigenvalue weighted by molar-refractivity contribution is 0.239. The fourth-order valence-electron chi connectivity index (χ4n) is 8.79. The van der Waals surface area contributed by atoms with Crippen LogP contribution >= 0.6 is 0 Å². The van der Waals surface area contributed by atoms with Crippen LogP contribution in [0.1, 0.15) is 102 Å². The third kappa shape index (κ3) is 12.2. The lowest BCUT2D eigenvalue weighted by Crippen LogP contribution is -2.35. The molecule has 0 amide bonds. The van der Waals surface area contributed by atoms with Crippen molar-refractivity contribution >= 4 is 57.4 Å². The van der Waals surface area contributed by atoms with Crippen LogP contribution in [0.25, 0.3) is 22.1 Å². The van der Waals surface area contributed by atoms with Crippen LogP contribution in [-0.4, -0.2) is 182 Å². The van der Waals surface area contributed by atoms with Crippen molar-refractivity contribution in [2.45, 2.75) is 96.8 Å². The van der Waals surface area contributed by atoms with Gasteiger partial charge in [-0.05, 0) is 84.0 Å². The summed E-state index contributed by atoms with van der Waals surface area (Å²) in [5.41, 5.74) is 3.68. The summed E-state index contributed by atoms with van der Waals surface area (Å²) in [6, 6.07) is 0. The molecule has 0 saturated carbocycles. The molecule has 0 aliphatic carbocycles. The topological polar surface area (TPSA) is 253 Å². The number of hydrogen-bond donors (Lipinski definition) is 7. The van der Waals surface area contributed by atoms with Gasteiger partial charge in [0.2, 0.25) is 17.8 Å². The second-order valence-electron chi connectivity index (χ2n) is 16.6. The van der Waals surface area contributed by atoms with Gasteiger partial charge in [-0.25, -0.2) is 24.9 Å². The molecule has 4 aromatic heterocycles. The Hall–Kier alpha value is -4.60. The van der Waals surface area contributed by atoms with E-state index in [1.165, 1.54) is 19.3 Å². The van der Waals surface area contributed by atoms with Crippen molar-refractivity contribution in [2.75, 3.05) is 141 Å². The van der Waals surface area contributed by atoms with E-state index >= 15 is 0 Å². The predicted molar refractivity (Wildman–Crippen MR) is 251 cm³/mol. The first-order chi connectivity index (χ1) is 31.4. The summed E-state index contributed by atoms with van der Waals surface area (Å²) in [6.45, 7) is 11.5. The first kappa shape index (κ1) is 48.8. The highest BCUT2D eigenvalue weighted by Gasteiger charge is 2.27. The summed E-state index contributed by atoms with van der Waals surface area (Å²) in [4.78, 5) is 49.3. The summed E-state index contributed by atoms with van der Waals surface area (Å²) in [5, 5.41) is 60.5. The summed E-state index contributed by atoms with van der Waals surface area (Å²) >= 11 is 0. The van der Waals surface area contributed by atoms with Crippen LogP contribution in [0, 0.1) is 0 Å². The van der Waals surface area contributed by atoms with Gasteiger partial charge in [0.1, 0.15) is 27.9 Å². The van der Waals surface area contributed by atoms with Crippen molar-refractivity contribution < 1.29 is 30.6 Å². The van der Waals surface area contributed by atoms with Gasteiger partial charge in [-0.15, -0.1) is 0 Å². The lowest BCUT2D eigenvalue weighted by Gasteiger charge is -2.32. The molecule has 0 atom stereocenters. The molecular weight excluding hydrogens is 821 g/mol. The standard InChI is InChI=1S/C22H36N8O2.C22H36N6O4/c1-2-23-21-24-17-18(19(26-21)28-9-5-3-6-10-28)25-22(30(13-15-31)14-16-32)27-20(17)29-11-7-4-8-12-29;1-2-17-18-19(24-20(23-17)16(6-12-29)7-13-30)21(27-8-4-3-5-9-27)26-22(25-18)28(10-14-31)11-15-32/h31-32H,2-16H2,1H3,(H,23,24,26);16,29-32H,2-15H2,1H3. The third-order valence-electron chi connectivity index (χ3n) is 12.1. The lowest BCUT2D eigenvalue weighted by atomic mass is 10.0. The van der Waals surface area contributed by atoms with Crippen molar-refractivity contribution in [2.24, 2.45) is 0 Å². The molecule has 0 spiro atoms. The Bertz CT molecular complexity index is 2010. The van der Waals surface area contributed by atoms with E-state index in [1.807, 2.05) is 18.7 Å². The van der Waals surface area contributed by atoms with Gasteiger partial charge in [0, 0.05) is 91.1 Å². The quantitative estimate of drug-likeness (QED) is 0.0633. The maximum Gasteiger partial charge on any atom is 0.228 e. The zero-order chi connectivity index (χ0) is 45.3. The maximum absolute atomic E-state index is 9.58. The summed E-state index contributed by atoms with van der Waals surface area (Å²) in [6.07, 6.45) is 11.9. The van der Waals surface area contributed by atoms with Crippen LogP contribution in [0.2, 0.25) is 0 Å². The average molecular weight is 893 g/mol. The molecule has 3 fully saturated rings. The van der Waals surface area contributed by atoms with E-state index in [0.29, 0.717) is 80.1 Å². The van der Waals surface area contributed by atoms with Crippen molar-refractivity contribution in [1.29, 1.82) is 0 Å². The van der Waals surface area contributed by atoms with Gasteiger partial charge in [0.15, 0.2) is 17.5 Å². The van der Waals surface area contributed by atoms with E-state index in [0.717, 1.165) is 119 Å². The summed E-state index contributed by atoms with van der Waals surface area (Å²) in [7, 11) is 0. The largest absolute Gasteiger partial charge is 0.396 e. The monoisotopic (exact) mass is 893 g/mol. The van der Waals surface area contributed by atoms with Gasteiger partial charge in [0.05, 0.1) is 32.1 Å². The Morgan fingerprint density at radius 1 is 0.469 bits per heavy atom. The Kier molecular flexibility index (Phi) is 19.2. The molecule has 0 unspecified atom stereocenters. The molecule has 0 bridgehead atoms. The number of nitrogens with zero attached hydrogens (tertiary/aromatic N) is 13. The number of rotatable bonds is 21. The zero-order valence-corrected chi connectivity index (χ0v) is 38.1. The van der Waals surface area contributed by atoms with Crippen LogP contribution in [0.15, 0.2) is 0 Å². The van der Waals surface area contributed by atoms with Gasteiger partial charge in [-0.2, -0.15) is 15.0 Å². The highest BCUT2D eigenvalue weighted by molar-refractivity contribution is 5.95. The van der Waals surface area contributed by atoms with Gasteiger partial charge < -0.3 is 60.5 Å². The zero-order valence-electron chi connectivity index (χ0n) is 38.1. The van der Waals surface area contributed by atoms with Crippen LogP contribution in [0.3, 0.4) is 0 Å². The highest BCUT2D eigenvalue weighted by Crippen LogP contribution is 2.35. The molecule has 7 heterocycles. The van der Waals surface area contributed by atoms with Crippen LogP contribution in [0.4, 0.5) is 35.3 Å². The number of hydrogen-bond acceptors (Lipinski definition) is 20. The molecule has 0 aromatic carbocycles. The second kappa shape index (κ2) is 25.2. The van der Waals surface area contributed by atoms with Gasteiger partial charge in [0.25, 0.3) is 0 Å². The second-order valence-corrected chi connectivity index (χ2v) is 16.6. The van der Waals surface area contributed by atoms with Gasteiger partial charge in [-0.1, -0.05) is 6.92 Å². The average Bonchev–Trinajstić information content (AvgIpc) is 3.33. The molecule has 20 heteroatoms. The molecule has 4 aromatic rings. The van der Waals surface area contributed by atoms with E-state index in [1.54, 1.807) is 4.90 Å².